The molecule has 0 heterocycles. The highest BCUT2D eigenvalue weighted by Crippen LogP contribution is 2.17. The molecule has 0 amide bonds. The smallest absolute Gasteiger partial charge is 0.306 e. The minimum absolute atomic E-state index is 0.0967. The topological polar surface area (TPSA) is 78.9 Å². The lowest BCUT2D eigenvalue weighted by molar-refractivity contribution is -0.167. The monoisotopic (exact) mass is 1080 g/mol. The van der Waals surface area contributed by atoms with Crippen LogP contribution < -0.4 is 0 Å². The van der Waals surface area contributed by atoms with Crippen molar-refractivity contribution >= 4 is 17.9 Å². The lowest BCUT2D eigenvalue weighted by atomic mass is 10.0. The lowest BCUT2D eigenvalue weighted by Gasteiger charge is -2.18. The van der Waals surface area contributed by atoms with Crippen LogP contribution in [0.1, 0.15) is 323 Å². The number of rotatable bonds is 60. The largest absolute Gasteiger partial charge is 0.462 e. The zero-order valence-electron chi connectivity index (χ0n) is 51.4. The zero-order valence-corrected chi connectivity index (χ0v) is 51.4. The first-order valence-corrected chi connectivity index (χ1v) is 33.2. The number of hydrogen-bond donors (Lipinski definition) is 0. The van der Waals surface area contributed by atoms with E-state index in [2.05, 4.69) is 118 Å². The number of hydrogen-bond acceptors (Lipinski definition) is 6. The molecule has 0 aromatic rings. The first-order chi connectivity index (χ1) is 38.5. The molecule has 0 saturated heterocycles. The van der Waals surface area contributed by atoms with Crippen LogP contribution in [-0.4, -0.2) is 37.2 Å². The quantitative estimate of drug-likeness (QED) is 0.0261. The van der Waals surface area contributed by atoms with Gasteiger partial charge in [-0.05, 0) is 96.3 Å². The molecule has 0 radical (unpaired) electrons. The Balaban J connectivity index is 4.15. The Hall–Kier alpha value is -3.67. The summed E-state index contributed by atoms with van der Waals surface area (Å²) in [5.41, 5.74) is 0. The van der Waals surface area contributed by atoms with Gasteiger partial charge in [-0.15, -0.1) is 0 Å². The van der Waals surface area contributed by atoms with Gasteiger partial charge in [-0.25, -0.2) is 0 Å². The molecule has 6 nitrogen and oxygen atoms in total. The molecule has 448 valence electrons. The summed E-state index contributed by atoms with van der Waals surface area (Å²) in [5.74, 6) is -0.947. The van der Waals surface area contributed by atoms with E-state index < -0.39 is 6.10 Å². The average Bonchev–Trinajstić information content (AvgIpc) is 3.44. The Morgan fingerprint density at radius 2 is 0.513 bits per heavy atom. The summed E-state index contributed by atoms with van der Waals surface area (Å²) in [6, 6.07) is 0. The third-order valence-corrected chi connectivity index (χ3v) is 14.3. The van der Waals surface area contributed by atoms with Gasteiger partial charge >= 0.3 is 17.9 Å². The van der Waals surface area contributed by atoms with Gasteiger partial charge in [0, 0.05) is 19.3 Å². The van der Waals surface area contributed by atoms with E-state index in [0.717, 1.165) is 89.9 Å². The van der Waals surface area contributed by atoms with Crippen molar-refractivity contribution in [2.45, 2.75) is 329 Å². The Labute approximate surface area is 483 Å². The number of carbonyl (C=O) groups is 3. The number of allylic oxidation sites excluding steroid dienone is 16. The third kappa shape index (κ3) is 63.2. The van der Waals surface area contributed by atoms with Gasteiger partial charge in [-0.1, -0.05) is 304 Å². The van der Waals surface area contributed by atoms with Crippen LogP contribution in [0.5, 0.6) is 0 Å². The molecule has 0 spiro atoms. The number of ether oxygens (including phenoxy) is 3. The van der Waals surface area contributed by atoms with Gasteiger partial charge in [0.1, 0.15) is 13.2 Å². The second-order valence-corrected chi connectivity index (χ2v) is 22.0. The fraction of sp³-hybridized carbons (Fsp3) is 0.736. The fourth-order valence-electron chi connectivity index (χ4n) is 9.37. The summed E-state index contributed by atoms with van der Waals surface area (Å²) in [4.78, 5) is 38.2. The molecule has 0 N–H and O–H groups in total. The third-order valence-electron chi connectivity index (χ3n) is 14.3. The Kier molecular flexibility index (Phi) is 62.7. The van der Waals surface area contributed by atoms with Crippen LogP contribution in [0.25, 0.3) is 0 Å². The van der Waals surface area contributed by atoms with E-state index in [1.54, 1.807) is 0 Å². The molecule has 78 heavy (non-hydrogen) atoms. The summed E-state index contributed by atoms with van der Waals surface area (Å²) in [6.07, 6.45) is 88.8. The molecule has 1 unspecified atom stereocenters. The number of carbonyl (C=O) groups excluding carboxylic acids is 3. The standard InChI is InChI=1S/C72H124O6/c1-4-7-10-13-16-19-22-24-26-28-29-30-31-32-33-34-35-36-37-38-39-40-41-42-43-45-46-48-50-53-56-59-62-65-71(74)77-68-69(67-76-70(73)64-61-58-55-52-21-18-15-12-9-6-3)78-72(75)66-63-60-57-54-51-49-47-44-27-25-23-20-17-14-11-8-5-2/h8,11,17,20,22,24-25,27-29,31-32,47,49,54,57,69H,4-7,9-10,12-16,18-19,21,23,26,30,33-46,48,50-53,55-56,58-68H2,1-3H3/b11-8-,20-17-,24-22-,27-25-,29-28-,32-31-,49-47-,57-54-. The van der Waals surface area contributed by atoms with E-state index in [4.69, 9.17) is 14.2 Å². The minimum atomic E-state index is -0.805. The summed E-state index contributed by atoms with van der Waals surface area (Å²) in [6.45, 7) is 6.48. The van der Waals surface area contributed by atoms with Crippen molar-refractivity contribution < 1.29 is 28.6 Å². The Morgan fingerprint density at radius 3 is 0.821 bits per heavy atom. The van der Waals surface area contributed by atoms with E-state index >= 15 is 0 Å². The van der Waals surface area contributed by atoms with Crippen LogP contribution in [0.4, 0.5) is 0 Å². The second-order valence-electron chi connectivity index (χ2n) is 22.0. The van der Waals surface area contributed by atoms with Gasteiger partial charge in [0.05, 0.1) is 0 Å². The minimum Gasteiger partial charge on any atom is -0.462 e. The van der Waals surface area contributed by atoms with Crippen molar-refractivity contribution in [3.63, 3.8) is 0 Å². The van der Waals surface area contributed by atoms with Gasteiger partial charge in [0.25, 0.3) is 0 Å². The van der Waals surface area contributed by atoms with Crippen LogP contribution in [0.15, 0.2) is 97.2 Å². The summed E-state index contributed by atoms with van der Waals surface area (Å²) >= 11 is 0. The van der Waals surface area contributed by atoms with Gasteiger partial charge in [0.15, 0.2) is 6.10 Å². The Bertz CT molecular complexity index is 1530. The molecule has 0 saturated carbocycles. The summed E-state index contributed by atoms with van der Waals surface area (Å²) in [7, 11) is 0. The lowest BCUT2D eigenvalue weighted by Crippen LogP contribution is -2.30. The van der Waals surface area contributed by atoms with Crippen LogP contribution in [0, 0.1) is 0 Å². The van der Waals surface area contributed by atoms with Gasteiger partial charge in [0.2, 0.25) is 0 Å². The molecule has 0 fully saturated rings. The highest BCUT2D eigenvalue weighted by molar-refractivity contribution is 5.71. The van der Waals surface area contributed by atoms with Gasteiger partial charge in [-0.2, -0.15) is 0 Å². The van der Waals surface area contributed by atoms with Gasteiger partial charge in [-0.3, -0.25) is 14.4 Å². The molecule has 0 aromatic heterocycles. The molecular formula is C72H124O6. The number of esters is 3. The normalized spacial score (nSPS) is 12.7. The van der Waals surface area contributed by atoms with Crippen molar-refractivity contribution in [3.05, 3.63) is 97.2 Å². The van der Waals surface area contributed by atoms with Crippen molar-refractivity contribution in [1.82, 2.24) is 0 Å². The second kappa shape index (κ2) is 65.8. The zero-order chi connectivity index (χ0) is 56.4. The summed E-state index contributed by atoms with van der Waals surface area (Å²) < 4.78 is 16.8. The average molecular weight is 1090 g/mol. The molecule has 1 atom stereocenters. The van der Waals surface area contributed by atoms with E-state index in [0.29, 0.717) is 19.3 Å². The van der Waals surface area contributed by atoms with E-state index in [1.165, 1.54) is 186 Å². The van der Waals surface area contributed by atoms with Gasteiger partial charge < -0.3 is 14.2 Å². The molecular weight excluding hydrogens is 961 g/mol. The van der Waals surface area contributed by atoms with Crippen molar-refractivity contribution in [2.75, 3.05) is 13.2 Å². The van der Waals surface area contributed by atoms with Crippen molar-refractivity contribution in [2.24, 2.45) is 0 Å². The maximum atomic E-state index is 12.8. The van der Waals surface area contributed by atoms with Crippen LogP contribution >= 0.6 is 0 Å². The van der Waals surface area contributed by atoms with Crippen LogP contribution in [0.3, 0.4) is 0 Å². The molecule has 0 aliphatic carbocycles. The Morgan fingerprint density at radius 1 is 0.269 bits per heavy atom. The van der Waals surface area contributed by atoms with Crippen molar-refractivity contribution in [3.8, 4) is 0 Å². The predicted octanol–water partition coefficient (Wildman–Crippen LogP) is 22.8. The molecule has 6 heteroatoms. The van der Waals surface area contributed by atoms with Crippen LogP contribution in [0.2, 0.25) is 0 Å². The number of unbranched alkanes of at least 4 members (excludes halogenated alkanes) is 33. The maximum absolute atomic E-state index is 12.8. The first kappa shape index (κ1) is 74.3. The SMILES string of the molecule is CC/C=C\C/C=C\C/C=C\C/C=C\C/C=C\CCCC(=O)OC(COC(=O)CCCCCCCCCCCC)COC(=O)CCCCCCCCCCCCCCCCCCCC/C=C\C/C=C\C/C=C\CCCCCCC. The first-order valence-electron chi connectivity index (χ1n) is 33.2. The van der Waals surface area contributed by atoms with E-state index in [-0.39, 0.29) is 37.5 Å². The highest BCUT2D eigenvalue weighted by Gasteiger charge is 2.19. The molecule has 0 rings (SSSR count). The molecule has 0 bridgehead atoms. The molecule has 0 aromatic carbocycles. The van der Waals surface area contributed by atoms with E-state index in [1.807, 2.05) is 0 Å². The predicted molar refractivity (Wildman–Crippen MR) is 339 cm³/mol. The maximum Gasteiger partial charge on any atom is 0.306 e. The van der Waals surface area contributed by atoms with Crippen LogP contribution in [-0.2, 0) is 28.6 Å². The molecule has 0 aliphatic rings. The fourth-order valence-corrected chi connectivity index (χ4v) is 9.37. The molecule has 0 aliphatic heterocycles. The summed E-state index contributed by atoms with van der Waals surface area (Å²) in [5, 5.41) is 0. The van der Waals surface area contributed by atoms with E-state index in [9.17, 15) is 14.4 Å². The highest BCUT2D eigenvalue weighted by atomic mass is 16.6. The van der Waals surface area contributed by atoms with Crippen molar-refractivity contribution in [1.29, 1.82) is 0 Å².